The average Bonchev–Trinajstić information content (AvgIpc) is 2.40. The summed E-state index contributed by atoms with van der Waals surface area (Å²) in [7, 11) is 3.84. The van der Waals surface area contributed by atoms with Crippen LogP contribution in [0.1, 0.15) is 12.8 Å². The van der Waals surface area contributed by atoms with Crippen LogP contribution in [0.3, 0.4) is 0 Å². The monoisotopic (exact) mass is 373 g/mol. The zero-order valence-corrected chi connectivity index (χ0v) is 13.6. The van der Waals surface area contributed by atoms with Crippen molar-refractivity contribution in [2.24, 2.45) is 0 Å². The Balaban J connectivity index is 1.91. The Labute approximate surface area is 128 Å². The molecule has 0 saturated heterocycles. The van der Waals surface area contributed by atoms with E-state index in [1.807, 2.05) is 18.2 Å². The van der Waals surface area contributed by atoms with E-state index in [1.165, 1.54) is 5.57 Å². The first kappa shape index (κ1) is 14.7. The van der Waals surface area contributed by atoms with Crippen molar-refractivity contribution in [2.75, 3.05) is 33.9 Å². The second kappa shape index (κ2) is 7.14. The third kappa shape index (κ3) is 4.11. The maximum atomic E-state index is 5.90. The SMILES string of the molecule is COc1cccc(I)c1OCCC1=CCCN(C)C1. The predicted molar refractivity (Wildman–Crippen MR) is 86.0 cm³/mol. The molecule has 4 heteroatoms. The van der Waals surface area contributed by atoms with Crippen LogP contribution in [0.4, 0.5) is 0 Å². The molecule has 104 valence electrons. The third-order valence-electron chi connectivity index (χ3n) is 3.24. The van der Waals surface area contributed by atoms with E-state index in [0.717, 1.165) is 41.0 Å². The van der Waals surface area contributed by atoms with Gasteiger partial charge in [0.2, 0.25) is 0 Å². The lowest BCUT2D eigenvalue weighted by molar-refractivity contribution is 0.285. The van der Waals surface area contributed by atoms with Gasteiger partial charge < -0.3 is 14.4 Å². The van der Waals surface area contributed by atoms with E-state index in [9.17, 15) is 0 Å². The highest BCUT2D eigenvalue weighted by Crippen LogP contribution is 2.32. The number of likely N-dealkylation sites (N-methyl/N-ethyl adjacent to an activating group) is 1. The second-order valence-electron chi connectivity index (χ2n) is 4.76. The number of para-hydroxylation sites is 1. The van der Waals surface area contributed by atoms with Gasteiger partial charge in [0.05, 0.1) is 17.3 Å². The lowest BCUT2D eigenvalue weighted by Crippen LogP contribution is -2.26. The van der Waals surface area contributed by atoms with Crippen molar-refractivity contribution in [1.82, 2.24) is 4.90 Å². The summed E-state index contributed by atoms with van der Waals surface area (Å²) in [6, 6.07) is 5.95. The van der Waals surface area contributed by atoms with Crippen LogP contribution in [-0.4, -0.2) is 38.8 Å². The van der Waals surface area contributed by atoms with Gasteiger partial charge in [0.1, 0.15) is 0 Å². The predicted octanol–water partition coefficient (Wildman–Crippen LogP) is 3.33. The van der Waals surface area contributed by atoms with E-state index in [-0.39, 0.29) is 0 Å². The molecule has 19 heavy (non-hydrogen) atoms. The molecule has 0 unspecified atom stereocenters. The fourth-order valence-corrected chi connectivity index (χ4v) is 2.86. The fourth-order valence-electron chi connectivity index (χ4n) is 2.23. The van der Waals surface area contributed by atoms with Gasteiger partial charge in [0.15, 0.2) is 11.5 Å². The molecule has 3 nitrogen and oxygen atoms in total. The first-order valence-electron chi connectivity index (χ1n) is 6.52. The summed E-state index contributed by atoms with van der Waals surface area (Å²) in [4.78, 5) is 2.35. The van der Waals surface area contributed by atoms with Gasteiger partial charge in [0, 0.05) is 19.5 Å². The van der Waals surface area contributed by atoms with Crippen LogP contribution < -0.4 is 9.47 Å². The van der Waals surface area contributed by atoms with E-state index in [4.69, 9.17) is 9.47 Å². The number of rotatable bonds is 5. The average molecular weight is 373 g/mol. The maximum absolute atomic E-state index is 5.90. The minimum absolute atomic E-state index is 0.704. The fraction of sp³-hybridized carbons (Fsp3) is 0.467. The van der Waals surface area contributed by atoms with Crippen LogP contribution >= 0.6 is 22.6 Å². The third-order valence-corrected chi connectivity index (χ3v) is 4.09. The Bertz CT molecular complexity index is 459. The summed E-state index contributed by atoms with van der Waals surface area (Å²) in [5, 5.41) is 0. The standard InChI is InChI=1S/C15H20INO2/c1-17-9-4-5-12(11-17)8-10-19-15-13(16)6-3-7-14(15)18-2/h3,5-7H,4,8-11H2,1-2H3. The van der Waals surface area contributed by atoms with Crippen molar-refractivity contribution in [3.05, 3.63) is 33.4 Å². The first-order chi connectivity index (χ1) is 9.20. The topological polar surface area (TPSA) is 21.7 Å². The minimum Gasteiger partial charge on any atom is -0.493 e. The van der Waals surface area contributed by atoms with Gasteiger partial charge in [0.25, 0.3) is 0 Å². The smallest absolute Gasteiger partial charge is 0.174 e. The van der Waals surface area contributed by atoms with E-state index < -0.39 is 0 Å². The van der Waals surface area contributed by atoms with Crippen LogP contribution in [-0.2, 0) is 0 Å². The van der Waals surface area contributed by atoms with E-state index in [1.54, 1.807) is 7.11 Å². The van der Waals surface area contributed by atoms with Gasteiger partial charge in [-0.3, -0.25) is 0 Å². The van der Waals surface area contributed by atoms with Gasteiger partial charge in [-0.2, -0.15) is 0 Å². The minimum atomic E-state index is 0.704. The highest BCUT2D eigenvalue weighted by Gasteiger charge is 2.11. The van der Waals surface area contributed by atoms with Crippen LogP contribution in [0, 0.1) is 3.57 Å². The molecule has 0 aromatic heterocycles. The van der Waals surface area contributed by atoms with Crippen LogP contribution in [0.2, 0.25) is 0 Å². The molecule has 2 rings (SSSR count). The lowest BCUT2D eigenvalue weighted by Gasteiger charge is -2.23. The molecule has 0 bridgehead atoms. The van der Waals surface area contributed by atoms with Gasteiger partial charge in [-0.1, -0.05) is 17.7 Å². The quantitative estimate of drug-likeness (QED) is 0.584. The molecule has 0 spiro atoms. The molecule has 1 aromatic carbocycles. The first-order valence-corrected chi connectivity index (χ1v) is 7.60. The molecule has 0 fully saturated rings. The van der Waals surface area contributed by atoms with Crippen LogP contribution in [0.15, 0.2) is 29.8 Å². The number of methoxy groups -OCH3 is 1. The Morgan fingerprint density at radius 1 is 1.37 bits per heavy atom. The highest BCUT2D eigenvalue weighted by atomic mass is 127. The summed E-state index contributed by atoms with van der Waals surface area (Å²) in [6.07, 6.45) is 4.48. The summed E-state index contributed by atoms with van der Waals surface area (Å²) in [5.74, 6) is 1.66. The summed E-state index contributed by atoms with van der Waals surface area (Å²) in [6.45, 7) is 2.93. The molecule has 0 N–H and O–H groups in total. The molecule has 1 aliphatic rings. The molecule has 0 atom stereocenters. The number of ether oxygens (including phenoxy) is 2. The summed E-state index contributed by atoms with van der Waals surface area (Å²) < 4.78 is 12.3. The number of hydrogen-bond donors (Lipinski definition) is 0. The maximum Gasteiger partial charge on any atom is 0.174 e. The Morgan fingerprint density at radius 2 is 2.21 bits per heavy atom. The summed E-state index contributed by atoms with van der Waals surface area (Å²) in [5.41, 5.74) is 1.47. The van der Waals surface area contributed by atoms with Crippen molar-refractivity contribution in [3.63, 3.8) is 0 Å². The molecule has 1 aliphatic heterocycles. The van der Waals surface area contributed by atoms with Crippen molar-refractivity contribution >= 4 is 22.6 Å². The molecule has 0 amide bonds. The molecular weight excluding hydrogens is 353 g/mol. The summed E-state index contributed by atoms with van der Waals surface area (Å²) >= 11 is 2.28. The van der Waals surface area contributed by atoms with Gasteiger partial charge in [-0.25, -0.2) is 0 Å². The van der Waals surface area contributed by atoms with Gasteiger partial charge in [-0.05, 0) is 48.2 Å². The molecule has 0 saturated carbocycles. The molecule has 1 aromatic rings. The largest absolute Gasteiger partial charge is 0.493 e. The Kier molecular flexibility index (Phi) is 5.51. The number of halogens is 1. The van der Waals surface area contributed by atoms with Crippen molar-refractivity contribution < 1.29 is 9.47 Å². The van der Waals surface area contributed by atoms with Crippen molar-refractivity contribution in [2.45, 2.75) is 12.8 Å². The Morgan fingerprint density at radius 3 is 2.95 bits per heavy atom. The van der Waals surface area contributed by atoms with E-state index in [2.05, 4.69) is 40.6 Å². The molecule has 1 heterocycles. The Hall–Kier alpha value is -0.750. The highest BCUT2D eigenvalue weighted by molar-refractivity contribution is 14.1. The van der Waals surface area contributed by atoms with Gasteiger partial charge >= 0.3 is 0 Å². The van der Waals surface area contributed by atoms with Crippen molar-refractivity contribution in [3.8, 4) is 11.5 Å². The zero-order valence-electron chi connectivity index (χ0n) is 11.5. The number of hydrogen-bond acceptors (Lipinski definition) is 3. The number of nitrogens with zero attached hydrogens (tertiary/aromatic N) is 1. The molecule has 0 aliphatic carbocycles. The van der Waals surface area contributed by atoms with E-state index in [0.29, 0.717) is 6.61 Å². The van der Waals surface area contributed by atoms with Gasteiger partial charge in [-0.15, -0.1) is 0 Å². The second-order valence-corrected chi connectivity index (χ2v) is 5.92. The van der Waals surface area contributed by atoms with E-state index >= 15 is 0 Å². The number of benzene rings is 1. The lowest BCUT2D eigenvalue weighted by atomic mass is 10.1. The molecule has 0 radical (unpaired) electrons. The molecular formula is C15H20INO2. The van der Waals surface area contributed by atoms with Crippen LogP contribution in [0.25, 0.3) is 0 Å². The zero-order chi connectivity index (χ0) is 13.7. The van der Waals surface area contributed by atoms with Crippen LogP contribution in [0.5, 0.6) is 11.5 Å². The van der Waals surface area contributed by atoms with Crippen molar-refractivity contribution in [1.29, 1.82) is 0 Å². The normalized spacial score (nSPS) is 16.1.